The van der Waals surface area contributed by atoms with Gasteiger partial charge in [-0.25, -0.2) is 4.79 Å². The molecule has 0 amide bonds. The van der Waals surface area contributed by atoms with Crippen molar-refractivity contribution in [1.82, 2.24) is 9.58 Å². The van der Waals surface area contributed by atoms with E-state index in [0.717, 1.165) is 5.56 Å². The van der Waals surface area contributed by atoms with Crippen molar-refractivity contribution in [2.24, 2.45) is 23.7 Å². The molecule has 4 heterocycles. The SMILES string of the molecule is CC[C@H]1OC(=O)[C@H](C)[C@@H](O[C@H]2C[C@@](C)(OC)[C@@H](OCCCOCCCc3ccc4c(c3)c(=O)c(C(=O)O)cn4N(C)C)[C@H](C)O2)[C@H](C)[C@@H](O[C@@H]2O[C@H](C)C[C@H](N(C)C)[C@H]2O)[C@](C)(OC)C[C@@H](C)C(=O)[C@@H](C)[C@@H](O)[C@]1(C)O. The van der Waals surface area contributed by atoms with Crippen LogP contribution in [-0.2, 0) is 58.6 Å². The van der Waals surface area contributed by atoms with Gasteiger partial charge in [-0.15, -0.1) is 0 Å². The minimum Gasteiger partial charge on any atom is -0.477 e. The van der Waals surface area contributed by atoms with Gasteiger partial charge < -0.3 is 73.0 Å². The lowest BCUT2D eigenvalue weighted by atomic mass is 9.74. The van der Waals surface area contributed by atoms with Crippen molar-refractivity contribution in [3.63, 3.8) is 0 Å². The van der Waals surface area contributed by atoms with Crippen LogP contribution in [0.2, 0.25) is 0 Å². The Morgan fingerprint density at radius 1 is 0.855 bits per heavy atom. The number of aliphatic hydroxyl groups excluding tert-OH is 2. The molecule has 3 aliphatic rings. The van der Waals surface area contributed by atoms with Crippen molar-refractivity contribution in [3.05, 3.63) is 45.7 Å². The average molecular weight is 1080 g/mol. The Morgan fingerprint density at radius 3 is 2.11 bits per heavy atom. The lowest BCUT2D eigenvalue weighted by Crippen LogP contribution is -2.61. The molecule has 5 rings (SSSR count). The number of aliphatic hydroxyl groups is 3. The van der Waals surface area contributed by atoms with Crippen LogP contribution in [-0.4, -0.2) is 194 Å². The first-order valence-electron chi connectivity index (χ1n) is 27.1. The van der Waals surface area contributed by atoms with E-state index in [9.17, 15) is 39.6 Å². The fraction of sp³-hybridized carbons (Fsp3) is 0.786. The first-order chi connectivity index (χ1) is 35.6. The lowest BCUT2D eigenvalue weighted by molar-refractivity contribution is -0.322. The number of aromatic nitrogens is 1. The predicted octanol–water partition coefficient (Wildman–Crippen LogP) is 4.71. The Morgan fingerprint density at radius 2 is 1.50 bits per heavy atom. The Hall–Kier alpha value is -3.64. The zero-order valence-corrected chi connectivity index (χ0v) is 48.0. The number of carbonyl (C=O) groups is 3. The monoisotopic (exact) mass is 1080 g/mol. The van der Waals surface area contributed by atoms with E-state index < -0.39 is 113 Å². The summed E-state index contributed by atoms with van der Waals surface area (Å²) < 4.78 is 59.6. The summed E-state index contributed by atoms with van der Waals surface area (Å²) in [6.07, 6.45) is -5.30. The molecule has 18 atom stereocenters. The summed E-state index contributed by atoms with van der Waals surface area (Å²) in [5.41, 5.74) is -3.56. The van der Waals surface area contributed by atoms with Crippen molar-refractivity contribution in [1.29, 1.82) is 0 Å². The number of esters is 1. The number of cyclic esters (lactones) is 1. The van der Waals surface area contributed by atoms with Crippen molar-refractivity contribution in [2.75, 3.05) is 67.2 Å². The highest BCUT2D eigenvalue weighted by molar-refractivity contribution is 5.93. The third-order valence-corrected chi connectivity index (χ3v) is 16.4. The highest BCUT2D eigenvalue weighted by Crippen LogP contribution is 2.42. The average Bonchev–Trinajstić information content (AvgIpc) is 3.37. The van der Waals surface area contributed by atoms with Crippen molar-refractivity contribution in [3.8, 4) is 0 Å². The Bertz CT molecular complexity index is 2310. The van der Waals surface area contributed by atoms with Crippen LogP contribution >= 0.6 is 0 Å². The molecule has 76 heavy (non-hydrogen) atoms. The smallest absolute Gasteiger partial charge is 0.341 e. The zero-order valence-electron chi connectivity index (χ0n) is 48.0. The summed E-state index contributed by atoms with van der Waals surface area (Å²) >= 11 is 0. The number of aryl methyl sites for hydroxylation is 1. The lowest BCUT2D eigenvalue weighted by Gasteiger charge is -2.50. The molecule has 0 aliphatic carbocycles. The second-order valence-electron chi connectivity index (χ2n) is 22.8. The number of hydrogen-bond acceptors (Lipinski definition) is 18. The topological polar surface area (TPSA) is 244 Å². The van der Waals surface area contributed by atoms with Gasteiger partial charge in [0, 0.05) is 89.9 Å². The van der Waals surface area contributed by atoms with E-state index in [1.54, 1.807) is 64.7 Å². The fourth-order valence-electron chi connectivity index (χ4n) is 11.7. The van der Waals surface area contributed by atoms with Crippen LogP contribution in [0, 0.1) is 23.7 Å². The molecule has 432 valence electrons. The molecule has 3 fully saturated rings. The van der Waals surface area contributed by atoms with Gasteiger partial charge in [-0.1, -0.05) is 33.8 Å². The number of aromatic carboxylic acids is 1. The summed E-state index contributed by atoms with van der Waals surface area (Å²) in [5.74, 6) is -5.92. The molecule has 4 N–H and O–H groups in total. The van der Waals surface area contributed by atoms with Crippen LogP contribution in [0.5, 0.6) is 0 Å². The largest absolute Gasteiger partial charge is 0.477 e. The van der Waals surface area contributed by atoms with Crippen LogP contribution in [0.4, 0.5) is 0 Å². The second kappa shape index (κ2) is 26.5. The number of likely N-dealkylation sites (N-methyl/N-ethyl adjacent to an activating group) is 1. The number of methoxy groups -OCH3 is 2. The number of fused-ring (bicyclic) bond motifs is 1. The van der Waals surface area contributed by atoms with Crippen LogP contribution in [0.3, 0.4) is 0 Å². The van der Waals surface area contributed by atoms with Gasteiger partial charge in [0.25, 0.3) is 0 Å². The molecule has 3 aliphatic heterocycles. The summed E-state index contributed by atoms with van der Waals surface area (Å²) in [6.45, 7) is 18.6. The number of nitrogens with zero attached hydrogens (tertiary/aromatic N) is 3. The molecular formula is C56H91N3O17. The number of carbonyl (C=O) groups excluding carboxylic acids is 2. The third kappa shape index (κ3) is 14.2. The van der Waals surface area contributed by atoms with Gasteiger partial charge >= 0.3 is 11.9 Å². The molecular weight excluding hydrogens is 987 g/mol. The van der Waals surface area contributed by atoms with Gasteiger partial charge in [-0.3, -0.25) is 19.1 Å². The summed E-state index contributed by atoms with van der Waals surface area (Å²) in [7, 11) is 10.4. The molecule has 1 aromatic heterocycles. The highest BCUT2D eigenvalue weighted by atomic mass is 16.7. The standard InChI is InChI=1S/C56H91N3O17/c1-17-42-56(10,67)48(63)33(4)44(60)31(2)28-54(8,68-15)49(76-53-46(62)41(57(11)12)26-32(3)72-53)34(5)47(35(6)52(66)74-42)75-43-29-55(9,69-16)50(36(7)73-43)71-25-19-24-70-23-18-20-37-21-22-40-38(27-37)45(61)39(51(64)65)30-59(40)58(13)14/h21-22,27,30-36,41-43,46-50,53,62-63,67H,17-20,23-26,28-29H2,1-16H3,(H,64,65)/t31-,32-,33-,34+,35-,36+,41+,42-,43+,46-,47+,48-,49-,50+,53+,54-,55-,56-/m1/s1. The number of ether oxygens (including phenoxy) is 9. The maximum atomic E-state index is 14.6. The number of hydrogen-bond donors (Lipinski definition) is 4. The van der Waals surface area contributed by atoms with E-state index in [1.807, 2.05) is 65.7 Å². The summed E-state index contributed by atoms with van der Waals surface area (Å²) in [5, 5.41) is 47.0. The number of pyridine rings is 1. The molecule has 2 aromatic rings. The number of ketones is 1. The van der Waals surface area contributed by atoms with Crippen LogP contribution < -0.4 is 10.4 Å². The predicted molar refractivity (Wildman–Crippen MR) is 284 cm³/mol. The van der Waals surface area contributed by atoms with Gasteiger partial charge in [0.2, 0.25) is 5.43 Å². The first kappa shape index (κ1) is 63.2. The molecule has 1 aromatic carbocycles. The van der Waals surface area contributed by atoms with E-state index in [2.05, 4.69) is 0 Å². The van der Waals surface area contributed by atoms with E-state index in [1.165, 1.54) is 20.2 Å². The normalized spacial score (nSPS) is 37.2. The van der Waals surface area contributed by atoms with Gasteiger partial charge in [0.1, 0.15) is 35.3 Å². The molecule has 3 saturated heterocycles. The molecule has 0 saturated carbocycles. The van der Waals surface area contributed by atoms with Crippen LogP contribution in [0.1, 0.15) is 124 Å². The molecule has 20 heteroatoms. The van der Waals surface area contributed by atoms with Crippen LogP contribution in [0.15, 0.2) is 29.2 Å². The van der Waals surface area contributed by atoms with Crippen molar-refractivity contribution < 1.29 is 77.4 Å². The van der Waals surface area contributed by atoms with Crippen molar-refractivity contribution >= 4 is 28.6 Å². The number of Topliss-reactive ketones (excluding diaryl/α,β-unsaturated/α-hetero) is 1. The maximum absolute atomic E-state index is 14.6. The summed E-state index contributed by atoms with van der Waals surface area (Å²) in [4.78, 5) is 55.6. The van der Waals surface area contributed by atoms with E-state index >= 15 is 0 Å². The number of rotatable bonds is 19. The molecule has 0 unspecified atom stereocenters. The van der Waals surface area contributed by atoms with Gasteiger partial charge in [-0.2, -0.15) is 0 Å². The molecule has 20 nitrogen and oxygen atoms in total. The van der Waals surface area contributed by atoms with E-state index in [0.29, 0.717) is 56.4 Å². The van der Waals surface area contributed by atoms with Gasteiger partial charge in [-0.05, 0) is 112 Å². The number of benzene rings is 1. The Labute approximate surface area is 449 Å². The Kier molecular flexibility index (Phi) is 22.1. The van der Waals surface area contributed by atoms with E-state index in [-0.39, 0.29) is 42.8 Å². The third-order valence-electron chi connectivity index (χ3n) is 16.4. The van der Waals surface area contributed by atoms with Gasteiger partial charge in [0.15, 0.2) is 12.6 Å². The minimum atomic E-state index is -2.00. The van der Waals surface area contributed by atoms with E-state index in [4.69, 9.17) is 42.6 Å². The number of carboxylic acid groups (broad SMARTS) is 1. The molecule has 0 radical (unpaired) electrons. The first-order valence-corrected chi connectivity index (χ1v) is 27.1. The molecule has 0 bridgehead atoms. The highest BCUT2D eigenvalue weighted by Gasteiger charge is 2.54. The summed E-state index contributed by atoms with van der Waals surface area (Å²) in [6, 6.07) is 5.19. The Balaban J connectivity index is 1.33. The van der Waals surface area contributed by atoms with Crippen molar-refractivity contribution in [2.45, 2.75) is 198 Å². The quantitative estimate of drug-likeness (QED) is 0.110. The number of carboxylic acids is 1. The minimum absolute atomic E-state index is 0.0861. The zero-order chi connectivity index (χ0) is 56.8. The second-order valence-corrected chi connectivity index (χ2v) is 22.8. The van der Waals surface area contributed by atoms with Gasteiger partial charge in [0.05, 0.1) is 53.2 Å². The molecule has 0 spiro atoms. The van der Waals surface area contributed by atoms with Crippen LogP contribution in [0.25, 0.3) is 10.9 Å². The maximum Gasteiger partial charge on any atom is 0.341 e. The fourth-order valence-corrected chi connectivity index (χ4v) is 11.7.